The number of aryl methyl sites for hydroxylation is 1. The molecule has 1 amide bonds. The lowest BCUT2D eigenvalue weighted by atomic mass is 10.2. The average molecular weight is 299 g/mol. The van der Waals surface area contributed by atoms with Crippen LogP contribution in [0.4, 0.5) is 11.4 Å². The fourth-order valence-corrected chi connectivity index (χ4v) is 2.17. The summed E-state index contributed by atoms with van der Waals surface area (Å²) >= 11 is 11.7. The molecule has 1 heterocycles. The molecule has 0 radical (unpaired) electrons. The number of hydrogen-bond acceptors (Lipinski definition) is 3. The SMILES string of the molecule is CCc1[nH]nc(C(=O)Nc2cc(Cl)cc(Cl)c2)c1N. The topological polar surface area (TPSA) is 83.8 Å². The van der Waals surface area contributed by atoms with E-state index in [1.165, 1.54) is 0 Å². The highest BCUT2D eigenvalue weighted by Crippen LogP contribution is 2.23. The summed E-state index contributed by atoms with van der Waals surface area (Å²) in [6.07, 6.45) is 0.676. The van der Waals surface area contributed by atoms with Crippen LogP contribution >= 0.6 is 23.2 Å². The standard InChI is InChI=1S/C12H12Cl2N4O/c1-2-9-10(15)11(18-17-9)12(19)16-8-4-6(13)3-7(14)5-8/h3-5H,2,15H2,1H3,(H,16,19)(H,17,18). The number of nitrogens with zero attached hydrogens (tertiary/aromatic N) is 1. The monoisotopic (exact) mass is 298 g/mol. The van der Waals surface area contributed by atoms with Crippen molar-refractivity contribution in [1.29, 1.82) is 0 Å². The Morgan fingerprint density at radius 1 is 1.37 bits per heavy atom. The Labute approximate surface area is 120 Å². The summed E-state index contributed by atoms with van der Waals surface area (Å²) in [5.74, 6) is -0.410. The number of halogens is 2. The van der Waals surface area contributed by atoms with Gasteiger partial charge >= 0.3 is 0 Å². The van der Waals surface area contributed by atoms with Gasteiger partial charge in [0.05, 0.1) is 11.4 Å². The van der Waals surface area contributed by atoms with Crippen LogP contribution in [0.3, 0.4) is 0 Å². The summed E-state index contributed by atoms with van der Waals surface area (Å²) in [6.45, 7) is 1.92. The van der Waals surface area contributed by atoms with Crippen molar-refractivity contribution < 1.29 is 4.79 Å². The van der Waals surface area contributed by atoms with Crippen molar-refractivity contribution >= 4 is 40.5 Å². The fourth-order valence-electron chi connectivity index (χ4n) is 1.65. The molecule has 100 valence electrons. The maximum atomic E-state index is 12.0. The van der Waals surface area contributed by atoms with Gasteiger partial charge in [0.25, 0.3) is 5.91 Å². The van der Waals surface area contributed by atoms with E-state index in [1.54, 1.807) is 18.2 Å². The van der Waals surface area contributed by atoms with Crippen LogP contribution < -0.4 is 11.1 Å². The summed E-state index contributed by atoms with van der Waals surface area (Å²) in [5, 5.41) is 10.1. The molecule has 0 unspecified atom stereocenters. The highest BCUT2D eigenvalue weighted by molar-refractivity contribution is 6.35. The van der Waals surface area contributed by atoms with Crippen LogP contribution in [0.5, 0.6) is 0 Å². The number of rotatable bonds is 3. The third kappa shape index (κ3) is 3.00. The molecule has 0 fully saturated rings. The Kier molecular flexibility index (Phi) is 3.97. The van der Waals surface area contributed by atoms with E-state index in [1.807, 2.05) is 6.92 Å². The van der Waals surface area contributed by atoms with E-state index in [0.29, 0.717) is 27.8 Å². The van der Waals surface area contributed by atoms with E-state index in [4.69, 9.17) is 28.9 Å². The van der Waals surface area contributed by atoms with E-state index in [9.17, 15) is 4.79 Å². The highest BCUT2D eigenvalue weighted by atomic mass is 35.5. The zero-order valence-corrected chi connectivity index (χ0v) is 11.6. The molecule has 0 spiro atoms. The Hall–Kier alpha value is -1.72. The minimum absolute atomic E-state index is 0.160. The molecule has 1 aromatic heterocycles. The van der Waals surface area contributed by atoms with Crippen LogP contribution in [0, 0.1) is 0 Å². The van der Waals surface area contributed by atoms with Gasteiger partial charge in [0.15, 0.2) is 5.69 Å². The lowest BCUT2D eigenvalue weighted by molar-refractivity contribution is 0.102. The van der Waals surface area contributed by atoms with Gasteiger partial charge in [-0.15, -0.1) is 0 Å². The molecule has 0 aliphatic rings. The van der Waals surface area contributed by atoms with Crippen LogP contribution in [0.2, 0.25) is 10.0 Å². The number of nitrogens with two attached hydrogens (primary N) is 1. The Morgan fingerprint density at radius 3 is 2.53 bits per heavy atom. The molecule has 2 aromatic rings. The van der Waals surface area contributed by atoms with Gasteiger partial charge in [0, 0.05) is 15.7 Å². The number of aromatic nitrogens is 2. The van der Waals surface area contributed by atoms with Gasteiger partial charge in [-0.2, -0.15) is 5.10 Å². The smallest absolute Gasteiger partial charge is 0.278 e. The molecular weight excluding hydrogens is 287 g/mol. The molecule has 1 aromatic carbocycles. The predicted molar refractivity (Wildman–Crippen MR) is 76.8 cm³/mol. The number of carbonyl (C=O) groups excluding carboxylic acids is 1. The number of nitrogen functional groups attached to an aromatic ring is 1. The summed E-state index contributed by atoms with van der Waals surface area (Å²) in [4.78, 5) is 12.0. The largest absolute Gasteiger partial charge is 0.395 e. The minimum Gasteiger partial charge on any atom is -0.395 e. The Bertz CT molecular complexity index is 604. The molecule has 0 atom stereocenters. The van der Waals surface area contributed by atoms with Crippen molar-refractivity contribution in [2.45, 2.75) is 13.3 Å². The third-order valence-corrected chi connectivity index (χ3v) is 3.01. The van der Waals surface area contributed by atoms with Crippen molar-refractivity contribution in [1.82, 2.24) is 10.2 Å². The first-order valence-electron chi connectivity index (χ1n) is 5.61. The normalized spacial score (nSPS) is 10.5. The van der Waals surface area contributed by atoms with Crippen LogP contribution in [-0.2, 0) is 6.42 Å². The Morgan fingerprint density at radius 2 is 2.00 bits per heavy atom. The second-order valence-corrected chi connectivity index (χ2v) is 4.80. The maximum Gasteiger partial charge on any atom is 0.278 e. The van der Waals surface area contributed by atoms with E-state index in [-0.39, 0.29) is 5.69 Å². The number of amides is 1. The average Bonchev–Trinajstić information content (AvgIpc) is 2.68. The summed E-state index contributed by atoms with van der Waals surface area (Å²) in [6, 6.07) is 4.76. The van der Waals surface area contributed by atoms with Gasteiger partial charge < -0.3 is 11.1 Å². The zero-order chi connectivity index (χ0) is 14.0. The molecule has 0 saturated heterocycles. The summed E-state index contributed by atoms with van der Waals surface area (Å²) in [5.41, 5.74) is 7.56. The second-order valence-electron chi connectivity index (χ2n) is 3.93. The summed E-state index contributed by atoms with van der Waals surface area (Å²) in [7, 11) is 0. The summed E-state index contributed by atoms with van der Waals surface area (Å²) < 4.78 is 0. The molecule has 4 N–H and O–H groups in total. The van der Waals surface area contributed by atoms with Crippen LogP contribution in [-0.4, -0.2) is 16.1 Å². The maximum absolute atomic E-state index is 12.0. The number of H-pyrrole nitrogens is 1. The Balaban J connectivity index is 2.23. The van der Waals surface area contributed by atoms with Crippen LogP contribution in [0.15, 0.2) is 18.2 Å². The van der Waals surface area contributed by atoms with E-state index >= 15 is 0 Å². The molecule has 0 aliphatic carbocycles. The first kappa shape index (κ1) is 13.7. The van der Waals surface area contributed by atoms with Crippen molar-refractivity contribution in [2.75, 3.05) is 11.1 Å². The number of anilines is 2. The van der Waals surface area contributed by atoms with Crippen molar-refractivity contribution in [3.63, 3.8) is 0 Å². The second kappa shape index (κ2) is 5.50. The van der Waals surface area contributed by atoms with Crippen LogP contribution in [0.25, 0.3) is 0 Å². The number of carbonyl (C=O) groups is 1. The highest BCUT2D eigenvalue weighted by Gasteiger charge is 2.16. The van der Waals surface area contributed by atoms with Gasteiger partial charge in [-0.3, -0.25) is 9.89 Å². The van der Waals surface area contributed by atoms with E-state index in [2.05, 4.69) is 15.5 Å². The zero-order valence-electron chi connectivity index (χ0n) is 10.1. The van der Waals surface area contributed by atoms with Crippen LogP contribution in [0.1, 0.15) is 23.1 Å². The first-order valence-corrected chi connectivity index (χ1v) is 6.37. The molecule has 0 saturated carbocycles. The van der Waals surface area contributed by atoms with E-state index < -0.39 is 5.91 Å². The molecule has 0 bridgehead atoms. The lowest BCUT2D eigenvalue weighted by Crippen LogP contribution is -2.14. The van der Waals surface area contributed by atoms with Gasteiger partial charge in [-0.1, -0.05) is 30.1 Å². The van der Waals surface area contributed by atoms with Crippen molar-refractivity contribution in [2.24, 2.45) is 0 Å². The van der Waals surface area contributed by atoms with Crippen molar-refractivity contribution in [3.05, 3.63) is 39.6 Å². The van der Waals surface area contributed by atoms with E-state index in [0.717, 1.165) is 5.69 Å². The number of hydrogen-bond donors (Lipinski definition) is 3. The van der Waals surface area contributed by atoms with Gasteiger partial charge in [0.1, 0.15) is 0 Å². The quantitative estimate of drug-likeness (QED) is 0.814. The molecule has 19 heavy (non-hydrogen) atoms. The number of benzene rings is 1. The number of nitrogens with one attached hydrogen (secondary N) is 2. The lowest BCUT2D eigenvalue weighted by Gasteiger charge is -2.05. The number of aromatic amines is 1. The minimum atomic E-state index is -0.410. The van der Waals surface area contributed by atoms with Gasteiger partial charge in [0.2, 0.25) is 0 Å². The molecular formula is C12H12Cl2N4O. The molecule has 2 rings (SSSR count). The van der Waals surface area contributed by atoms with Gasteiger partial charge in [-0.25, -0.2) is 0 Å². The predicted octanol–water partition coefficient (Wildman–Crippen LogP) is 3.11. The first-order chi connectivity index (χ1) is 9.01. The molecule has 5 nitrogen and oxygen atoms in total. The fraction of sp³-hybridized carbons (Fsp3) is 0.167. The molecule has 0 aliphatic heterocycles. The third-order valence-electron chi connectivity index (χ3n) is 2.57. The van der Waals surface area contributed by atoms with Crippen molar-refractivity contribution in [3.8, 4) is 0 Å². The molecule has 7 heteroatoms. The van der Waals surface area contributed by atoms with Gasteiger partial charge in [-0.05, 0) is 24.6 Å².